The predicted molar refractivity (Wildman–Crippen MR) is 74.5 cm³/mol. The van der Waals surface area contributed by atoms with E-state index >= 15 is 0 Å². The molecule has 2 bridgehead atoms. The third-order valence-electron chi connectivity index (χ3n) is 4.49. The summed E-state index contributed by atoms with van der Waals surface area (Å²) >= 11 is 0. The highest BCUT2D eigenvalue weighted by Crippen LogP contribution is 2.33. The van der Waals surface area contributed by atoms with Gasteiger partial charge in [-0.25, -0.2) is 0 Å². The molecule has 2 aliphatic rings. The Kier molecular flexibility index (Phi) is 3.56. The van der Waals surface area contributed by atoms with Crippen LogP contribution in [0.15, 0.2) is 24.3 Å². The lowest BCUT2D eigenvalue weighted by molar-refractivity contribution is -0.123. The Labute approximate surface area is 114 Å². The lowest BCUT2D eigenvalue weighted by atomic mass is 10.0. The summed E-state index contributed by atoms with van der Waals surface area (Å²) in [5.41, 5.74) is 1.32. The number of ketones is 1. The van der Waals surface area contributed by atoms with Crippen LogP contribution in [0, 0.1) is 0 Å². The average molecular weight is 259 g/mol. The van der Waals surface area contributed by atoms with E-state index in [1.165, 1.54) is 18.4 Å². The first-order valence-corrected chi connectivity index (χ1v) is 7.16. The number of hydrogen-bond donors (Lipinski definition) is 0. The second-order valence-electron chi connectivity index (χ2n) is 5.67. The number of carbonyl (C=O) groups is 1. The Morgan fingerprint density at radius 3 is 2.68 bits per heavy atom. The molecule has 2 fully saturated rings. The van der Waals surface area contributed by atoms with E-state index in [0.29, 0.717) is 17.9 Å². The molecule has 102 valence electrons. The summed E-state index contributed by atoms with van der Waals surface area (Å²) in [4.78, 5) is 14.1. The molecule has 2 saturated heterocycles. The summed E-state index contributed by atoms with van der Waals surface area (Å²) in [6.07, 6.45) is 4.99. The predicted octanol–water partition coefficient (Wildman–Crippen LogP) is 2.43. The molecular weight excluding hydrogens is 238 g/mol. The minimum absolute atomic E-state index is 0.463. The first-order valence-electron chi connectivity index (χ1n) is 7.16. The quantitative estimate of drug-likeness (QED) is 0.831. The van der Waals surface area contributed by atoms with Gasteiger partial charge in [-0.05, 0) is 37.0 Å². The van der Waals surface area contributed by atoms with Crippen LogP contribution >= 0.6 is 0 Å². The largest absolute Gasteiger partial charge is 0.497 e. The number of hydrogen-bond acceptors (Lipinski definition) is 3. The standard InChI is InChI=1S/C16H21NO2/c1-19-16-4-2-3-12(9-16)7-8-17-13-5-6-14(17)11-15(18)10-13/h2-4,9,13-14H,5-8,10-11H2,1H3. The van der Waals surface area contributed by atoms with E-state index in [1.807, 2.05) is 12.1 Å². The van der Waals surface area contributed by atoms with Gasteiger partial charge in [-0.15, -0.1) is 0 Å². The molecule has 0 aromatic heterocycles. The maximum atomic E-state index is 11.6. The number of ether oxygens (including phenoxy) is 1. The average Bonchev–Trinajstić information content (AvgIpc) is 2.67. The molecule has 0 aliphatic carbocycles. The molecule has 0 saturated carbocycles. The SMILES string of the molecule is COc1cccc(CCN2C3CCC2CC(=O)C3)c1. The van der Waals surface area contributed by atoms with Gasteiger partial charge in [-0.3, -0.25) is 9.69 Å². The number of fused-ring (bicyclic) bond motifs is 2. The van der Waals surface area contributed by atoms with Crippen molar-refractivity contribution in [1.29, 1.82) is 0 Å². The number of methoxy groups -OCH3 is 1. The van der Waals surface area contributed by atoms with E-state index < -0.39 is 0 Å². The number of Topliss-reactive ketones (excluding diaryl/α,β-unsaturated/α-hetero) is 1. The topological polar surface area (TPSA) is 29.5 Å². The summed E-state index contributed by atoms with van der Waals surface area (Å²) in [5, 5.41) is 0. The van der Waals surface area contributed by atoms with Gasteiger partial charge in [-0.1, -0.05) is 12.1 Å². The molecule has 2 aliphatic heterocycles. The van der Waals surface area contributed by atoms with Crippen LogP contribution in [-0.4, -0.2) is 36.4 Å². The van der Waals surface area contributed by atoms with E-state index in [1.54, 1.807) is 7.11 Å². The minimum Gasteiger partial charge on any atom is -0.497 e. The minimum atomic E-state index is 0.463. The molecule has 0 spiro atoms. The van der Waals surface area contributed by atoms with Gasteiger partial charge >= 0.3 is 0 Å². The van der Waals surface area contributed by atoms with Crippen LogP contribution < -0.4 is 4.74 Å². The molecule has 19 heavy (non-hydrogen) atoms. The van der Waals surface area contributed by atoms with Gasteiger partial charge in [0.15, 0.2) is 0 Å². The fourth-order valence-corrected chi connectivity index (χ4v) is 3.51. The Bertz CT molecular complexity index is 456. The highest BCUT2D eigenvalue weighted by atomic mass is 16.5. The first kappa shape index (κ1) is 12.7. The molecule has 0 radical (unpaired) electrons. The summed E-state index contributed by atoms with van der Waals surface area (Å²) in [5.74, 6) is 1.39. The van der Waals surface area contributed by atoms with Crippen LogP contribution in [0.4, 0.5) is 0 Å². The monoisotopic (exact) mass is 259 g/mol. The molecule has 0 amide bonds. The van der Waals surface area contributed by atoms with Gasteiger partial charge in [0.25, 0.3) is 0 Å². The van der Waals surface area contributed by atoms with Crippen molar-refractivity contribution in [2.75, 3.05) is 13.7 Å². The van der Waals surface area contributed by atoms with Crippen molar-refractivity contribution in [3.63, 3.8) is 0 Å². The van der Waals surface area contributed by atoms with Crippen molar-refractivity contribution in [2.45, 2.75) is 44.2 Å². The van der Waals surface area contributed by atoms with E-state index in [0.717, 1.165) is 31.6 Å². The molecule has 3 nitrogen and oxygen atoms in total. The zero-order valence-corrected chi connectivity index (χ0v) is 11.5. The normalized spacial score (nSPS) is 26.7. The van der Waals surface area contributed by atoms with Crippen LogP contribution in [-0.2, 0) is 11.2 Å². The van der Waals surface area contributed by atoms with E-state index in [9.17, 15) is 4.79 Å². The molecule has 3 heteroatoms. The van der Waals surface area contributed by atoms with Crippen molar-refractivity contribution in [3.8, 4) is 5.75 Å². The van der Waals surface area contributed by atoms with Crippen LogP contribution in [0.1, 0.15) is 31.2 Å². The smallest absolute Gasteiger partial charge is 0.136 e. The summed E-state index contributed by atoms with van der Waals surface area (Å²) in [7, 11) is 1.70. The number of rotatable bonds is 4. The summed E-state index contributed by atoms with van der Waals surface area (Å²) < 4.78 is 5.26. The Morgan fingerprint density at radius 1 is 1.26 bits per heavy atom. The fourth-order valence-electron chi connectivity index (χ4n) is 3.51. The number of piperidine rings is 1. The van der Waals surface area contributed by atoms with Crippen molar-refractivity contribution in [1.82, 2.24) is 4.90 Å². The van der Waals surface area contributed by atoms with E-state index in [4.69, 9.17) is 4.74 Å². The van der Waals surface area contributed by atoms with Crippen molar-refractivity contribution < 1.29 is 9.53 Å². The van der Waals surface area contributed by atoms with Crippen LogP contribution in [0.25, 0.3) is 0 Å². The maximum Gasteiger partial charge on any atom is 0.136 e. The van der Waals surface area contributed by atoms with Gasteiger partial charge < -0.3 is 4.74 Å². The Hall–Kier alpha value is -1.35. The Balaban J connectivity index is 1.62. The van der Waals surface area contributed by atoms with Crippen LogP contribution in [0.3, 0.4) is 0 Å². The molecule has 1 aromatic rings. The second kappa shape index (κ2) is 5.33. The maximum absolute atomic E-state index is 11.6. The van der Waals surface area contributed by atoms with Gasteiger partial charge in [0.05, 0.1) is 7.11 Å². The van der Waals surface area contributed by atoms with Crippen LogP contribution in [0.5, 0.6) is 5.75 Å². The van der Waals surface area contributed by atoms with Gasteiger partial charge in [-0.2, -0.15) is 0 Å². The molecule has 2 heterocycles. The van der Waals surface area contributed by atoms with Gasteiger partial charge in [0.2, 0.25) is 0 Å². The van der Waals surface area contributed by atoms with Crippen LogP contribution in [0.2, 0.25) is 0 Å². The van der Waals surface area contributed by atoms with Crippen molar-refractivity contribution in [2.24, 2.45) is 0 Å². The third kappa shape index (κ3) is 2.66. The number of benzene rings is 1. The third-order valence-corrected chi connectivity index (χ3v) is 4.49. The lowest BCUT2D eigenvalue weighted by Gasteiger charge is -2.33. The fraction of sp³-hybridized carbons (Fsp3) is 0.562. The zero-order valence-electron chi connectivity index (χ0n) is 11.5. The Morgan fingerprint density at radius 2 is 2.00 bits per heavy atom. The molecule has 2 atom stereocenters. The molecular formula is C16H21NO2. The number of carbonyl (C=O) groups excluding carboxylic acids is 1. The molecule has 2 unspecified atom stereocenters. The van der Waals surface area contributed by atoms with E-state index in [2.05, 4.69) is 17.0 Å². The van der Waals surface area contributed by atoms with Gasteiger partial charge in [0.1, 0.15) is 11.5 Å². The zero-order chi connectivity index (χ0) is 13.2. The van der Waals surface area contributed by atoms with Gasteiger partial charge in [0, 0.05) is 31.5 Å². The number of nitrogens with zero attached hydrogens (tertiary/aromatic N) is 1. The van der Waals surface area contributed by atoms with Crippen molar-refractivity contribution in [3.05, 3.63) is 29.8 Å². The van der Waals surface area contributed by atoms with E-state index in [-0.39, 0.29) is 0 Å². The molecule has 0 N–H and O–H groups in total. The highest BCUT2D eigenvalue weighted by molar-refractivity contribution is 5.80. The van der Waals surface area contributed by atoms with Crippen molar-refractivity contribution >= 4 is 5.78 Å². The molecule has 1 aromatic carbocycles. The highest BCUT2D eigenvalue weighted by Gasteiger charge is 2.39. The first-order chi connectivity index (χ1) is 9.26. The molecule has 3 rings (SSSR count). The summed E-state index contributed by atoms with van der Waals surface area (Å²) in [6.45, 7) is 1.07. The summed E-state index contributed by atoms with van der Waals surface area (Å²) in [6, 6.07) is 9.31. The lowest BCUT2D eigenvalue weighted by Crippen LogP contribution is -2.44. The second-order valence-corrected chi connectivity index (χ2v) is 5.67.